The molecule has 0 amide bonds. The second kappa shape index (κ2) is 4.20. The lowest BCUT2D eigenvalue weighted by Gasteiger charge is -2.08. The van der Waals surface area contributed by atoms with E-state index in [1.54, 1.807) is 0 Å². The van der Waals surface area contributed by atoms with Gasteiger partial charge >= 0.3 is 0 Å². The van der Waals surface area contributed by atoms with Crippen LogP contribution in [0.25, 0.3) is 0 Å². The van der Waals surface area contributed by atoms with Gasteiger partial charge in [0.1, 0.15) is 5.82 Å². The first-order chi connectivity index (χ1) is 6.20. The summed E-state index contributed by atoms with van der Waals surface area (Å²) in [4.78, 5) is 4.01. The van der Waals surface area contributed by atoms with E-state index in [1.165, 1.54) is 12.4 Å². The minimum Gasteiger partial charge on any atom is -0.397 e. The van der Waals surface area contributed by atoms with Crippen molar-refractivity contribution >= 4 is 33.6 Å². The maximum Gasteiger partial charge on any atom is 0.142 e. The topological polar surface area (TPSA) is 101 Å². The first kappa shape index (κ1) is 9.94. The number of hydrogen-bond acceptors (Lipinski definition) is 5. The molecule has 70 valence electrons. The van der Waals surface area contributed by atoms with E-state index in [4.69, 9.17) is 16.9 Å². The second-order valence-electron chi connectivity index (χ2n) is 2.32. The van der Waals surface area contributed by atoms with Crippen molar-refractivity contribution in [1.82, 2.24) is 4.98 Å². The normalized spacial score (nSPS) is 9.69. The van der Waals surface area contributed by atoms with E-state index in [0.717, 1.165) is 0 Å². The maximum atomic E-state index is 7.13. The summed E-state index contributed by atoms with van der Waals surface area (Å²) in [5, 5.41) is 9.97. The Balaban J connectivity index is 3.19. The highest BCUT2D eigenvalue weighted by Crippen LogP contribution is 2.26. The summed E-state index contributed by atoms with van der Waals surface area (Å²) in [7, 11) is 0. The monoisotopic (exact) mass is 243 g/mol. The van der Waals surface area contributed by atoms with Crippen molar-refractivity contribution in [2.75, 3.05) is 17.7 Å². The van der Waals surface area contributed by atoms with E-state index in [1.807, 2.05) is 0 Å². The van der Waals surface area contributed by atoms with Crippen LogP contribution in [-0.2, 0) is 0 Å². The number of hydrogen-bond donors (Lipinski definition) is 4. The van der Waals surface area contributed by atoms with Gasteiger partial charge in [0.05, 0.1) is 23.0 Å². The van der Waals surface area contributed by atoms with Crippen LogP contribution in [0.15, 0.2) is 10.7 Å². The number of pyridine rings is 1. The zero-order valence-electron chi connectivity index (χ0n) is 6.84. The molecule has 0 saturated carbocycles. The molecule has 13 heavy (non-hydrogen) atoms. The fourth-order valence-electron chi connectivity index (χ4n) is 0.881. The quantitative estimate of drug-likeness (QED) is 0.465. The Kier molecular flexibility index (Phi) is 3.21. The van der Waals surface area contributed by atoms with Gasteiger partial charge in [-0.1, -0.05) is 0 Å². The van der Waals surface area contributed by atoms with Crippen molar-refractivity contribution in [2.45, 2.75) is 0 Å². The van der Waals surface area contributed by atoms with E-state index < -0.39 is 0 Å². The summed E-state index contributed by atoms with van der Waals surface area (Å²) in [5.41, 5.74) is 12.0. The smallest absolute Gasteiger partial charge is 0.142 e. The van der Waals surface area contributed by atoms with Crippen molar-refractivity contribution in [1.29, 1.82) is 5.41 Å². The van der Waals surface area contributed by atoms with Gasteiger partial charge < -0.3 is 22.2 Å². The van der Waals surface area contributed by atoms with Crippen LogP contribution >= 0.6 is 15.9 Å². The Hall–Kier alpha value is -1.14. The molecule has 6 heteroatoms. The second-order valence-corrected chi connectivity index (χ2v) is 3.11. The van der Waals surface area contributed by atoms with Crippen molar-refractivity contribution in [3.05, 3.63) is 16.2 Å². The van der Waals surface area contributed by atoms with Gasteiger partial charge in [0.25, 0.3) is 0 Å². The van der Waals surface area contributed by atoms with Crippen molar-refractivity contribution in [2.24, 2.45) is 5.73 Å². The SMILES string of the molecule is N=Cc1c(N)cnc(NCN)c1Br. The van der Waals surface area contributed by atoms with Crippen LogP contribution < -0.4 is 16.8 Å². The summed E-state index contributed by atoms with van der Waals surface area (Å²) in [6.07, 6.45) is 2.66. The van der Waals surface area contributed by atoms with Crippen molar-refractivity contribution in [3.63, 3.8) is 0 Å². The molecule has 0 atom stereocenters. The van der Waals surface area contributed by atoms with Gasteiger partial charge in [-0.15, -0.1) is 0 Å². The molecule has 0 aliphatic heterocycles. The molecule has 1 rings (SSSR count). The molecule has 0 radical (unpaired) electrons. The number of nitrogens with two attached hydrogens (primary N) is 2. The van der Waals surface area contributed by atoms with E-state index in [2.05, 4.69) is 26.2 Å². The Labute approximate surface area is 84.2 Å². The van der Waals surface area contributed by atoms with Gasteiger partial charge in [-0.3, -0.25) is 0 Å². The fourth-order valence-corrected chi connectivity index (χ4v) is 1.47. The Morgan fingerprint density at radius 1 is 1.69 bits per heavy atom. The molecule has 0 aliphatic carbocycles. The number of rotatable bonds is 3. The van der Waals surface area contributed by atoms with Crippen LogP contribution in [0.5, 0.6) is 0 Å². The predicted octanol–water partition coefficient (Wildman–Crippen LogP) is 0.752. The summed E-state index contributed by atoms with van der Waals surface area (Å²) in [6, 6.07) is 0. The van der Waals surface area contributed by atoms with E-state index in [9.17, 15) is 0 Å². The third-order valence-corrected chi connectivity index (χ3v) is 2.30. The highest BCUT2D eigenvalue weighted by atomic mass is 79.9. The lowest BCUT2D eigenvalue weighted by molar-refractivity contribution is 1.10. The first-order valence-corrected chi connectivity index (χ1v) is 4.38. The molecule has 0 unspecified atom stereocenters. The van der Waals surface area contributed by atoms with Crippen molar-refractivity contribution in [3.8, 4) is 0 Å². The summed E-state index contributed by atoms with van der Waals surface area (Å²) >= 11 is 3.28. The Morgan fingerprint density at radius 2 is 2.38 bits per heavy atom. The summed E-state index contributed by atoms with van der Waals surface area (Å²) in [6.45, 7) is 0.285. The van der Waals surface area contributed by atoms with Crippen LogP contribution in [0.1, 0.15) is 5.56 Å². The molecule has 0 fully saturated rings. The van der Waals surface area contributed by atoms with Crippen LogP contribution in [-0.4, -0.2) is 17.9 Å². The van der Waals surface area contributed by atoms with E-state index in [-0.39, 0.29) is 6.67 Å². The number of aromatic nitrogens is 1. The van der Waals surface area contributed by atoms with Crippen molar-refractivity contribution < 1.29 is 0 Å². The van der Waals surface area contributed by atoms with Crippen LogP contribution in [0, 0.1) is 5.41 Å². The average molecular weight is 244 g/mol. The number of nitrogens with zero attached hydrogens (tertiary/aromatic N) is 1. The minimum atomic E-state index is 0.285. The highest BCUT2D eigenvalue weighted by Gasteiger charge is 2.07. The molecule has 0 bridgehead atoms. The molecule has 1 aromatic rings. The van der Waals surface area contributed by atoms with E-state index >= 15 is 0 Å². The predicted molar refractivity (Wildman–Crippen MR) is 56.9 cm³/mol. The Bertz CT molecular complexity index is 325. The Morgan fingerprint density at radius 3 is 2.92 bits per heavy atom. The molecule has 1 aromatic heterocycles. The van der Waals surface area contributed by atoms with Crippen LogP contribution in [0.2, 0.25) is 0 Å². The fraction of sp³-hybridized carbons (Fsp3) is 0.143. The van der Waals surface area contributed by atoms with Gasteiger partial charge in [0.15, 0.2) is 0 Å². The third-order valence-electron chi connectivity index (χ3n) is 1.50. The van der Waals surface area contributed by atoms with Gasteiger partial charge in [-0.25, -0.2) is 4.98 Å². The molecule has 0 spiro atoms. The van der Waals surface area contributed by atoms with Crippen LogP contribution in [0.3, 0.4) is 0 Å². The van der Waals surface area contributed by atoms with Gasteiger partial charge in [-0.05, 0) is 15.9 Å². The lowest BCUT2D eigenvalue weighted by atomic mass is 10.2. The largest absolute Gasteiger partial charge is 0.397 e. The molecule has 5 nitrogen and oxygen atoms in total. The van der Waals surface area contributed by atoms with E-state index in [0.29, 0.717) is 21.5 Å². The number of nitrogens with one attached hydrogen (secondary N) is 2. The standard InChI is InChI=1S/C7H10BrN5/c8-6-4(1-9)5(11)2-12-7(6)13-3-10/h1-2,9H,3,10-11H2,(H,12,13). The summed E-state index contributed by atoms with van der Waals surface area (Å²) in [5.74, 6) is 0.593. The number of anilines is 2. The minimum absolute atomic E-state index is 0.285. The number of halogens is 1. The number of nitrogen functional groups attached to an aromatic ring is 1. The average Bonchev–Trinajstić information content (AvgIpc) is 2.11. The highest BCUT2D eigenvalue weighted by molar-refractivity contribution is 9.10. The molecule has 6 N–H and O–H groups in total. The molecule has 0 saturated heterocycles. The molecule has 0 aromatic carbocycles. The molecular weight excluding hydrogens is 234 g/mol. The van der Waals surface area contributed by atoms with Gasteiger partial charge in [-0.2, -0.15) is 0 Å². The third kappa shape index (κ3) is 1.96. The molecule has 0 aliphatic rings. The molecule has 1 heterocycles. The first-order valence-electron chi connectivity index (χ1n) is 3.59. The zero-order chi connectivity index (χ0) is 9.84. The van der Waals surface area contributed by atoms with Gasteiger partial charge in [0.2, 0.25) is 0 Å². The summed E-state index contributed by atoms with van der Waals surface area (Å²) < 4.78 is 0.660. The molecular formula is C7H10BrN5. The van der Waals surface area contributed by atoms with Crippen LogP contribution in [0.4, 0.5) is 11.5 Å². The van der Waals surface area contributed by atoms with Gasteiger partial charge in [0, 0.05) is 11.8 Å². The lowest BCUT2D eigenvalue weighted by Crippen LogP contribution is -2.13. The zero-order valence-corrected chi connectivity index (χ0v) is 8.43. The maximum absolute atomic E-state index is 7.13.